The molecule has 1 atom stereocenters. The molecule has 1 amide bonds. The summed E-state index contributed by atoms with van der Waals surface area (Å²) in [5.41, 5.74) is 1.81. The van der Waals surface area contributed by atoms with Gasteiger partial charge in [0.2, 0.25) is 0 Å². The Kier molecular flexibility index (Phi) is 6.23. The van der Waals surface area contributed by atoms with Crippen molar-refractivity contribution >= 4 is 5.91 Å². The number of amides is 1. The summed E-state index contributed by atoms with van der Waals surface area (Å²) < 4.78 is 24.3. The van der Waals surface area contributed by atoms with Crippen LogP contribution in [0.3, 0.4) is 0 Å². The molecule has 3 rings (SSSR count). The number of ether oxygens (including phenoxy) is 2. The fraction of sp³-hybridized carbons (Fsp3) is 0.381. The molecule has 2 aromatic rings. The van der Waals surface area contributed by atoms with E-state index in [1.807, 2.05) is 24.3 Å². The highest BCUT2D eigenvalue weighted by molar-refractivity contribution is 5.81. The second-order valence-corrected chi connectivity index (χ2v) is 6.49. The normalized spacial score (nSPS) is 16.9. The summed E-state index contributed by atoms with van der Waals surface area (Å²) in [4.78, 5) is 14.8. The van der Waals surface area contributed by atoms with E-state index in [1.165, 1.54) is 12.1 Å². The Hall–Kier alpha value is -2.40. The maximum atomic E-state index is 13.2. The Morgan fingerprint density at radius 1 is 1.15 bits per heavy atom. The smallest absolute Gasteiger partial charge is 0.252 e. The first-order valence-corrected chi connectivity index (χ1v) is 8.94. The fourth-order valence-electron chi connectivity index (χ4n) is 3.20. The Labute approximate surface area is 153 Å². The molecule has 1 aliphatic rings. The predicted molar refractivity (Wildman–Crippen MR) is 97.2 cm³/mol. The molecule has 1 saturated heterocycles. The largest absolute Gasteiger partial charge is 0.496 e. The van der Waals surface area contributed by atoms with Crippen molar-refractivity contribution in [3.05, 3.63) is 65.5 Å². The third-order valence-corrected chi connectivity index (χ3v) is 4.61. The first-order chi connectivity index (χ1) is 12.7. The molecule has 26 heavy (non-hydrogen) atoms. The van der Waals surface area contributed by atoms with E-state index >= 15 is 0 Å². The van der Waals surface area contributed by atoms with E-state index in [0.717, 1.165) is 36.1 Å². The molecule has 4 nitrogen and oxygen atoms in total. The summed E-state index contributed by atoms with van der Waals surface area (Å²) in [6.07, 6.45) is 2.33. The summed E-state index contributed by atoms with van der Waals surface area (Å²) in [6.45, 7) is 1.44. The molecule has 0 spiro atoms. The number of methoxy groups -OCH3 is 1. The van der Waals surface area contributed by atoms with Crippen molar-refractivity contribution in [1.82, 2.24) is 4.90 Å². The van der Waals surface area contributed by atoms with Crippen molar-refractivity contribution in [2.45, 2.75) is 38.5 Å². The fourth-order valence-corrected chi connectivity index (χ4v) is 3.20. The van der Waals surface area contributed by atoms with Crippen molar-refractivity contribution in [2.24, 2.45) is 0 Å². The third kappa shape index (κ3) is 4.61. The van der Waals surface area contributed by atoms with Crippen molar-refractivity contribution in [2.75, 3.05) is 13.7 Å². The summed E-state index contributed by atoms with van der Waals surface area (Å²) in [7, 11) is 1.62. The summed E-state index contributed by atoms with van der Waals surface area (Å²) in [5.74, 6) is 0.431. The number of rotatable bonds is 6. The van der Waals surface area contributed by atoms with Gasteiger partial charge in [-0.3, -0.25) is 4.79 Å². The number of hydrogen-bond donors (Lipinski definition) is 0. The van der Waals surface area contributed by atoms with Gasteiger partial charge in [0.15, 0.2) is 0 Å². The van der Waals surface area contributed by atoms with Gasteiger partial charge in [0.1, 0.15) is 17.7 Å². The van der Waals surface area contributed by atoms with Crippen LogP contribution < -0.4 is 4.74 Å². The molecule has 1 fully saturated rings. The van der Waals surface area contributed by atoms with E-state index in [1.54, 1.807) is 24.1 Å². The van der Waals surface area contributed by atoms with Gasteiger partial charge in [-0.25, -0.2) is 4.39 Å². The minimum atomic E-state index is -0.404. The lowest BCUT2D eigenvalue weighted by Crippen LogP contribution is -2.41. The van der Waals surface area contributed by atoms with Crippen LogP contribution in [0, 0.1) is 5.82 Å². The van der Waals surface area contributed by atoms with Crippen LogP contribution in [0.4, 0.5) is 4.39 Å². The van der Waals surface area contributed by atoms with E-state index < -0.39 is 6.10 Å². The van der Waals surface area contributed by atoms with Crippen LogP contribution >= 0.6 is 0 Å². The maximum absolute atomic E-state index is 13.2. The molecular formula is C21H24FNO3. The number of halogens is 1. The van der Waals surface area contributed by atoms with Gasteiger partial charge in [0.05, 0.1) is 7.11 Å². The molecule has 1 aliphatic heterocycles. The first-order valence-electron chi connectivity index (χ1n) is 8.94. The van der Waals surface area contributed by atoms with E-state index in [4.69, 9.17) is 9.47 Å². The van der Waals surface area contributed by atoms with Crippen molar-refractivity contribution in [1.29, 1.82) is 0 Å². The lowest BCUT2D eigenvalue weighted by atomic mass is 10.1. The average molecular weight is 357 g/mol. The van der Waals surface area contributed by atoms with Gasteiger partial charge >= 0.3 is 0 Å². The molecule has 138 valence electrons. The number of hydrogen-bond acceptors (Lipinski definition) is 3. The molecule has 0 unspecified atom stereocenters. The Bertz CT molecular complexity index is 726. The number of benzene rings is 2. The van der Waals surface area contributed by atoms with Gasteiger partial charge in [0, 0.05) is 25.3 Å². The molecule has 0 radical (unpaired) electrons. The monoisotopic (exact) mass is 357 g/mol. The lowest BCUT2D eigenvalue weighted by Gasteiger charge is -2.30. The minimum absolute atomic E-state index is 0.0278. The summed E-state index contributed by atoms with van der Waals surface area (Å²) >= 11 is 0. The SMILES string of the molecule is COc1ccccc1CN(Cc1ccc(F)cc1)C(=O)[C@H]1CCCCO1. The van der Waals surface area contributed by atoms with E-state index in [9.17, 15) is 9.18 Å². The van der Waals surface area contributed by atoms with Crippen LogP contribution in [0.1, 0.15) is 30.4 Å². The van der Waals surface area contributed by atoms with Crippen LogP contribution in [-0.4, -0.2) is 30.6 Å². The molecule has 0 aliphatic carbocycles. The third-order valence-electron chi connectivity index (χ3n) is 4.61. The number of nitrogens with zero attached hydrogens (tertiary/aromatic N) is 1. The van der Waals surface area contributed by atoms with Gasteiger partial charge in [-0.15, -0.1) is 0 Å². The van der Waals surface area contributed by atoms with Crippen molar-refractivity contribution < 1.29 is 18.7 Å². The number of carbonyl (C=O) groups excluding carboxylic acids is 1. The Balaban J connectivity index is 1.82. The molecule has 0 bridgehead atoms. The highest BCUT2D eigenvalue weighted by Crippen LogP contribution is 2.23. The highest BCUT2D eigenvalue weighted by Gasteiger charge is 2.27. The minimum Gasteiger partial charge on any atom is -0.496 e. The summed E-state index contributed by atoms with van der Waals surface area (Å²) in [5, 5.41) is 0. The molecule has 1 heterocycles. The van der Waals surface area contributed by atoms with Gasteiger partial charge in [0.25, 0.3) is 5.91 Å². The van der Waals surface area contributed by atoms with Crippen LogP contribution in [0.15, 0.2) is 48.5 Å². The summed E-state index contributed by atoms with van der Waals surface area (Å²) in [6, 6.07) is 13.9. The number of carbonyl (C=O) groups is 1. The second kappa shape index (κ2) is 8.81. The van der Waals surface area contributed by atoms with Crippen molar-refractivity contribution in [3.8, 4) is 5.75 Å². The zero-order valence-electron chi connectivity index (χ0n) is 15.0. The molecule has 0 saturated carbocycles. The Morgan fingerprint density at radius 3 is 2.62 bits per heavy atom. The molecular weight excluding hydrogens is 333 g/mol. The van der Waals surface area contributed by atoms with E-state index in [2.05, 4.69) is 0 Å². The predicted octanol–water partition coefficient (Wildman–Crippen LogP) is 3.93. The zero-order valence-corrected chi connectivity index (χ0v) is 15.0. The number of para-hydroxylation sites is 1. The zero-order chi connectivity index (χ0) is 18.4. The quantitative estimate of drug-likeness (QED) is 0.786. The van der Waals surface area contributed by atoms with Crippen LogP contribution in [-0.2, 0) is 22.6 Å². The molecule has 0 N–H and O–H groups in total. The van der Waals surface area contributed by atoms with Gasteiger partial charge < -0.3 is 14.4 Å². The van der Waals surface area contributed by atoms with E-state index in [0.29, 0.717) is 19.7 Å². The maximum Gasteiger partial charge on any atom is 0.252 e. The molecule has 0 aromatic heterocycles. The van der Waals surface area contributed by atoms with Gasteiger partial charge in [-0.05, 0) is 43.0 Å². The average Bonchev–Trinajstić information content (AvgIpc) is 2.69. The van der Waals surface area contributed by atoms with Gasteiger partial charge in [-0.1, -0.05) is 30.3 Å². The van der Waals surface area contributed by atoms with Gasteiger partial charge in [-0.2, -0.15) is 0 Å². The topological polar surface area (TPSA) is 38.8 Å². The van der Waals surface area contributed by atoms with Crippen LogP contribution in [0.25, 0.3) is 0 Å². The van der Waals surface area contributed by atoms with E-state index in [-0.39, 0.29) is 11.7 Å². The molecule has 2 aromatic carbocycles. The first kappa shape index (κ1) is 18.4. The molecule has 5 heteroatoms. The Morgan fingerprint density at radius 2 is 1.92 bits per heavy atom. The highest BCUT2D eigenvalue weighted by atomic mass is 19.1. The second-order valence-electron chi connectivity index (χ2n) is 6.49. The lowest BCUT2D eigenvalue weighted by molar-refractivity contribution is -0.147. The van der Waals surface area contributed by atoms with Crippen molar-refractivity contribution in [3.63, 3.8) is 0 Å². The standard InChI is InChI=1S/C21H24FNO3/c1-25-19-7-3-2-6-17(19)15-23(14-16-9-11-18(22)12-10-16)21(24)20-8-4-5-13-26-20/h2-3,6-7,9-12,20H,4-5,8,13-15H2,1H3/t20-/m1/s1. The van der Waals surface area contributed by atoms with Crippen LogP contribution in [0.2, 0.25) is 0 Å². The van der Waals surface area contributed by atoms with Crippen LogP contribution in [0.5, 0.6) is 5.75 Å².